The van der Waals surface area contributed by atoms with E-state index >= 15 is 0 Å². The number of nitrogens with zero attached hydrogens (tertiary/aromatic N) is 4. The minimum Gasteiger partial charge on any atom is -0.495 e. The van der Waals surface area contributed by atoms with E-state index in [9.17, 15) is 4.39 Å². The van der Waals surface area contributed by atoms with Crippen LogP contribution in [-0.4, -0.2) is 47.2 Å². The minimum atomic E-state index is -0.596. The van der Waals surface area contributed by atoms with Crippen molar-refractivity contribution in [2.45, 2.75) is 20.1 Å². The number of fused-ring (bicyclic) bond motifs is 1. The fourth-order valence-electron chi connectivity index (χ4n) is 4.08. The fraction of sp³-hybridized carbons (Fsp3) is 0.280. The van der Waals surface area contributed by atoms with Crippen molar-refractivity contribution in [1.29, 1.82) is 0 Å². The van der Waals surface area contributed by atoms with Gasteiger partial charge in [0.25, 0.3) is 0 Å². The number of ether oxygens (including phenoxy) is 3. The van der Waals surface area contributed by atoms with Gasteiger partial charge in [0.1, 0.15) is 23.9 Å². The maximum absolute atomic E-state index is 14.0. The van der Waals surface area contributed by atoms with Gasteiger partial charge in [-0.15, -0.1) is 0 Å². The summed E-state index contributed by atoms with van der Waals surface area (Å²) >= 11 is 0. The van der Waals surface area contributed by atoms with Crippen molar-refractivity contribution in [3.63, 3.8) is 0 Å². The molecule has 2 aliphatic rings. The number of oxime groups is 1. The number of rotatable bonds is 6. The summed E-state index contributed by atoms with van der Waals surface area (Å²) < 4.78 is 33.2. The van der Waals surface area contributed by atoms with Crippen LogP contribution in [-0.2, 0) is 9.57 Å². The van der Waals surface area contributed by atoms with Crippen LogP contribution >= 0.6 is 0 Å². The predicted octanol–water partition coefficient (Wildman–Crippen LogP) is 4.44. The van der Waals surface area contributed by atoms with Gasteiger partial charge in [0.2, 0.25) is 12.1 Å². The summed E-state index contributed by atoms with van der Waals surface area (Å²) in [7, 11) is 1.63. The van der Waals surface area contributed by atoms with Crippen LogP contribution in [0.3, 0.4) is 0 Å². The van der Waals surface area contributed by atoms with Crippen LogP contribution in [0.25, 0.3) is 11.8 Å². The molecule has 2 aliphatic heterocycles. The summed E-state index contributed by atoms with van der Waals surface area (Å²) in [6, 6.07) is 10.3. The van der Waals surface area contributed by atoms with Gasteiger partial charge >= 0.3 is 0 Å². The Morgan fingerprint density at radius 1 is 1.21 bits per heavy atom. The lowest BCUT2D eigenvalue weighted by Crippen LogP contribution is -2.39. The van der Waals surface area contributed by atoms with E-state index < -0.39 is 6.23 Å². The van der Waals surface area contributed by atoms with Crippen LogP contribution < -0.4 is 9.47 Å². The Morgan fingerprint density at radius 3 is 2.85 bits per heavy atom. The molecule has 0 spiro atoms. The third kappa shape index (κ3) is 4.05. The van der Waals surface area contributed by atoms with Crippen LogP contribution in [0.1, 0.15) is 30.0 Å². The molecule has 1 aromatic heterocycles. The fourth-order valence-corrected chi connectivity index (χ4v) is 4.08. The zero-order chi connectivity index (χ0) is 23.7. The highest BCUT2D eigenvalue weighted by molar-refractivity contribution is 6.01. The highest BCUT2D eigenvalue weighted by Gasteiger charge is 2.38. The first-order chi connectivity index (χ1) is 16.6. The molecular weight excluding hydrogens is 439 g/mol. The van der Waals surface area contributed by atoms with Crippen molar-refractivity contribution in [3.8, 4) is 17.2 Å². The number of amidine groups is 1. The second-order valence-electron chi connectivity index (χ2n) is 7.89. The monoisotopic (exact) mass is 464 g/mol. The number of hydrogen-bond donors (Lipinski definition) is 0. The average Bonchev–Trinajstić information content (AvgIpc) is 3.47. The Hall–Kier alpha value is -4.01. The van der Waals surface area contributed by atoms with E-state index in [4.69, 9.17) is 19.0 Å². The second kappa shape index (κ2) is 9.09. The topological polar surface area (TPSA) is 70.3 Å². The van der Waals surface area contributed by atoms with Crippen molar-refractivity contribution >= 4 is 11.9 Å². The van der Waals surface area contributed by atoms with Crippen molar-refractivity contribution in [1.82, 2.24) is 14.5 Å². The number of methoxy groups -OCH3 is 1. The molecule has 1 atom stereocenters. The third-order valence-corrected chi connectivity index (χ3v) is 5.63. The molecular formula is C25H25FN4O4. The molecule has 8 nitrogen and oxygen atoms in total. The molecule has 1 saturated heterocycles. The largest absolute Gasteiger partial charge is 0.495 e. The van der Waals surface area contributed by atoms with Crippen molar-refractivity contribution in [3.05, 3.63) is 77.3 Å². The Kier molecular flexibility index (Phi) is 5.83. The molecule has 0 unspecified atom stereocenters. The molecule has 0 N–H and O–H groups in total. The maximum Gasteiger partial charge on any atom is 0.231 e. The van der Waals surface area contributed by atoms with Gasteiger partial charge in [-0.2, -0.15) is 0 Å². The molecule has 1 fully saturated rings. The third-order valence-electron chi connectivity index (χ3n) is 5.63. The van der Waals surface area contributed by atoms with Gasteiger partial charge in [0.15, 0.2) is 5.76 Å². The van der Waals surface area contributed by atoms with Crippen LogP contribution in [0.15, 0.2) is 59.8 Å². The number of morpholine rings is 1. The normalized spacial score (nSPS) is 18.2. The zero-order valence-corrected chi connectivity index (χ0v) is 19.2. The van der Waals surface area contributed by atoms with Gasteiger partial charge in [0.05, 0.1) is 43.5 Å². The van der Waals surface area contributed by atoms with Gasteiger partial charge in [-0.3, -0.25) is 0 Å². The summed E-state index contributed by atoms with van der Waals surface area (Å²) in [6.45, 7) is 5.27. The highest BCUT2D eigenvalue weighted by atomic mass is 19.1. The van der Waals surface area contributed by atoms with Crippen LogP contribution in [0, 0.1) is 12.7 Å². The number of halogens is 1. The molecule has 0 amide bonds. The quantitative estimate of drug-likeness (QED) is 0.537. The summed E-state index contributed by atoms with van der Waals surface area (Å²) in [5, 5.41) is 4.26. The molecule has 0 aliphatic carbocycles. The molecule has 5 rings (SSSR count). The molecule has 3 heterocycles. The van der Waals surface area contributed by atoms with E-state index in [1.165, 1.54) is 12.1 Å². The Balaban J connectivity index is 1.43. The number of imidazole rings is 1. The first-order valence-electron chi connectivity index (χ1n) is 11.0. The van der Waals surface area contributed by atoms with Crippen LogP contribution in [0.4, 0.5) is 4.39 Å². The van der Waals surface area contributed by atoms with Gasteiger partial charge in [-0.1, -0.05) is 11.2 Å². The average molecular weight is 464 g/mol. The first kappa shape index (κ1) is 21.8. The first-order valence-corrected chi connectivity index (χ1v) is 11.0. The molecule has 2 aromatic carbocycles. The molecule has 0 radical (unpaired) electrons. The molecule has 9 heteroatoms. The summed E-state index contributed by atoms with van der Waals surface area (Å²) in [5.41, 5.74) is 3.26. The molecule has 0 saturated carbocycles. The van der Waals surface area contributed by atoms with E-state index in [1.54, 1.807) is 19.5 Å². The predicted molar refractivity (Wildman–Crippen MR) is 124 cm³/mol. The van der Waals surface area contributed by atoms with E-state index in [0.717, 1.165) is 16.9 Å². The van der Waals surface area contributed by atoms with Crippen molar-refractivity contribution < 1.29 is 23.4 Å². The van der Waals surface area contributed by atoms with Crippen molar-refractivity contribution in [2.24, 2.45) is 5.16 Å². The van der Waals surface area contributed by atoms with E-state index in [1.807, 2.05) is 53.8 Å². The minimum absolute atomic E-state index is 0.361. The summed E-state index contributed by atoms with van der Waals surface area (Å²) in [5.74, 6) is 2.02. The van der Waals surface area contributed by atoms with Gasteiger partial charge in [-0.05, 0) is 55.8 Å². The lowest BCUT2D eigenvalue weighted by Gasteiger charge is -2.30. The highest BCUT2D eigenvalue weighted by Crippen LogP contribution is 2.38. The molecule has 34 heavy (non-hydrogen) atoms. The SMILES string of the molecule is CCOc1ccc(F)cc1[C@@H]1ON=C2/C(=C/c3ccc(-n4cnc(C)c4)c(OC)c3)OCCN21. The van der Waals surface area contributed by atoms with Crippen LogP contribution in [0.2, 0.25) is 0 Å². The lowest BCUT2D eigenvalue weighted by atomic mass is 10.1. The lowest BCUT2D eigenvalue weighted by molar-refractivity contribution is -0.00365. The smallest absolute Gasteiger partial charge is 0.231 e. The molecule has 176 valence electrons. The Morgan fingerprint density at radius 2 is 2.09 bits per heavy atom. The number of aryl methyl sites for hydroxylation is 1. The zero-order valence-electron chi connectivity index (χ0n) is 19.2. The van der Waals surface area contributed by atoms with Crippen LogP contribution in [0.5, 0.6) is 11.5 Å². The summed E-state index contributed by atoms with van der Waals surface area (Å²) in [4.78, 5) is 12.0. The van der Waals surface area contributed by atoms with E-state index in [2.05, 4.69) is 10.1 Å². The number of benzene rings is 2. The number of aromatic nitrogens is 2. The standard InChI is InChI=1S/C25H25FN4O4/c1-4-32-21-8-6-18(26)13-19(21)25-30-9-10-33-23(24(30)28-34-25)12-17-5-7-20(22(11-17)31-3)29-14-16(2)27-15-29/h5-8,11-15,25H,4,9-10H2,1-3H3/b23-12-/t25-/m0/s1. The van der Waals surface area contributed by atoms with Gasteiger partial charge in [-0.25, -0.2) is 9.37 Å². The molecule has 3 aromatic rings. The van der Waals surface area contributed by atoms with Gasteiger partial charge < -0.3 is 28.5 Å². The van der Waals surface area contributed by atoms with E-state index in [-0.39, 0.29) is 5.82 Å². The summed E-state index contributed by atoms with van der Waals surface area (Å²) in [6.07, 6.45) is 4.98. The number of hydrogen-bond acceptors (Lipinski definition) is 7. The second-order valence-corrected chi connectivity index (χ2v) is 7.89. The maximum atomic E-state index is 14.0. The Labute approximate surface area is 196 Å². The van der Waals surface area contributed by atoms with Gasteiger partial charge in [0, 0.05) is 6.20 Å². The Bertz CT molecular complexity index is 1270. The van der Waals surface area contributed by atoms with E-state index in [0.29, 0.717) is 48.4 Å². The van der Waals surface area contributed by atoms with Crippen molar-refractivity contribution in [2.75, 3.05) is 26.9 Å². The molecule has 0 bridgehead atoms.